The molecule has 1 atom stereocenters. The molecule has 2 heteroatoms. The molecule has 1 unspecified atom stereocenters. The monoisotopic (exact) mass is 197 g/mol. The Bertz CT molecular complexity index is 175. The predicted molar refractivity (Wildman–Crippen MR) is 58.2 cm³/mol. The molecule has 0 aromatic rings. The fraction of sp³-hybridized carbons (Fsp3) is 1.00. The highest BCUT2D eigenvalue weighted by Gasteiger charge is 2.30. The van der Waals surface area contributed by atoms with Crippen molar-refractivity contribution < 1.29 is 5.11 Å². The van der Waals surface area contributed by atoms with Gasteiger partial charge in [-0.05, 0) is 57.9 Å². The van der Waals surface area contributed by atoms with Crippen LogP contribution in [0.3, 0.4) is 0 Å². The van der Waals surface area contributed by atoms with Gasteiger partial charge in [0.15, 0.2) is 0 Å². The van der Waals surface area contributed by atoms with Gasteiger partial charge in [-0.3, -0.25) is 4.90 Å². The van der Waals surface area contributed by atoms with Gasteiger partial charge in [0.1, 0.15) is 0 Å². The third-order valence-electron chi connectivity index (χ3n) is 4.15. The molecule has 0 bridgehead atoms. The molecular weight excluding hydrogens is 174 g/mol. The molecule has 2 rings (SSSR count). The standard InChI is InChI=1S/C12H23NO/c1-10-3-2-8-13(10)12-6-4-11(9-14)5-7-12/h10-12,14H,2-9H2,1H3. The van der Waals surface area contributed by atoms with Crippen molar-refractivity contribution in [3.8, 4) is 0 Å². The lowest BCUT2D eigenvalue weighted by molar-refractivity contribution is 0.107. The fourth-order valence-corrected chi connectivity index (χ4v) is 3.16. The minimum atomic E-state index is 0.405. The van der Waals surface area contributed by atoms with Gasteiger partial charge in [0, 0.05) is 18.7 Å². The lowest BCUT2D eigenvalue weighted by Crippen LogP contribution is -2.40. The maximum absolute atomic E-state index is 9.08. The molecule has 1 saturated heterocycles. The molecule has 0 aromatic carbocycles. The lowest BCUT2D eigenvalue weighted by Gasteiger charge is -2.36. The largest absolute Gasteiger partial charge is 0.396 e. The number of rotatable bonds is 2. The van der Waals surface area contributed by atoms with Crippen molar-refractivity contribution >= 4 is 0 Å². The maximum atomic E-state index is 9.08. The van der Waals surface area contributed by atoms with Crippen LogP contribution >= 0.6 is 0 Å². The molecule has 1 aliphatic carbocycles. The van der Waals surface area contributed by atoms with Crippen LogP contribution in [0.5, 0.6) is 0 Å². The summed E-state index contributed by atoms with van der Waals surface area (Å²) in [4.78, 5) is 2.70. The van der Waals surface area contributed by atoms with Gasteiger partial charge in [0.25, 0.3) is 0 Å². The quantitative estimate of drug-likeness (QED) is 0.732. The molecular formula is C12H23NO. The van der Waals surface area contributed by atoms with E-state index in [2.05, 4.69) is 11.8 Å². The van der Waals surface area contributed by atoms with E-state index in [-0.39, 0.29) is 0 Å². The molecule has 14 heavy (non-hydrogen) atoms. The zero-order valence-corrected chi connectivity index (χ0v) is 9.28. The van der Waals surface area contributed by atoms with Crippen molar-refractivity contribution in [3.63, 3.8) is 0 Å². The summed E-state index contributed by atoms with van der Waals surface area (Å²) in [6.45, 7) is 4.09. The average Bonchev–Trinajstić information content (AvgIpc) is 2.65. The van der Waals surface area contributed by atoms with Crippen molar-refractivity contribution in [3.05, 3.63) is 0 Å². The Morgan fingerprint density at radius 3 is 2.36 bits per heavy atom. The Morgan fingerprint density at radius 1 is 1.14 bits per heavy atom. The highest BCUT2D eigenvalue weighted by Crippen LogP contribution is 2.31. The van der Waals surface area contributed by atoms with Gasteiger partial charge in [0.2, 0.25) is 0 Å². The van der Waals surface area contributed by atoms with Crippen LogP contribution < -0.4 is 0 Å². The van der Waals surface area contributed by atoms with Gasteiger partial charge in [-0.15, -0.1) is 0 Å². The van der Waals surface area contributed by atoms with Crippen LogP contribution in [0.15, 0.2) is 0 Å². The summed E-state index contributed by atoms with van der Waals surface area (Å²) >= 11 is 0. The van der Waals surface area contributed by atoms with E-state index in [9.17, 15) is 0 Å². The summed E-state index contributed by atoms with van der Waals surface area (Å²) in [6.07, 6.45) is 7.89. The van der Waals surface area contributed by atoms with E-state index in [1.54, 1.807) is 0 Å². The van der Waals surface area contributed by atoms with Crippen LogP contribution in [-0.2, 0) is 0 Å². The van der Waals surface area contributed by atoms with Gasteiger partial charge in [-0.1, -0.05) is 0 Å². The van der Waals surface area contributed by atoms with Gasteiger partial charge >= 0.3 is 0 Å². The summed E-state index contributed by atoms with van der Waals surface area (Å²) in [5.41, 5.74) is 0. The highest BCUT2D eigenvalue weighted by molar-refractivity contribution is 4.85. The van der Waals surface area contributed by atoms with Gasteiger partial charge in [-0.25, -0.2) is 0 Å². The first-order valence-electron chi connectivity index (χ1n) is 6.18. The number of aliphatic hydroxyl groups excluding tert-OH is 1. The Morgan fingerprint density at radius 2 is 1.86 bits per heavy atom. The van der Waals surface area contributed by atoms with Crippen molar-refractivity contribution in [2.24, 2.45) is 5.92 Å². The van der Waals surface area contributed by atoms with Crippen LogP contribution in [-0.4, -0.2) is 35.2 Å². The summed E-state index contributed by atoms with van der Waals surface area (Å²) in [5, 5.41) is 9.08. The van der Waals surface area contributed by atoms with E-state index in [4.69, 9.17) is 5.11 Å². The van der Waals surface area contributed by atoms with E-state index in [1.165, 1.54) is 45.1 Å². The normalized spacial score (nSPS) is 40.3. The van der Waals surface area contributed by atoms with Crippen LogP contribution in [0.25, 0.3) is 0 Å². The number of aliphatic hydroxyl groups is 1. The maximum Gasteiger partial charge on any atom is 0.0459 e. The molecule has 82 valence electrons. The van der Waals surface area contributed by atoms with Crippen LogP contribution in [0.1, 0.15) is 45.4 Å². The Balaban J connectivity index is 1.82. The van der Waals surface area contributed by atoms with E-state index >= 15 is 0 Å². The Kier molecular flexibility index (Phi) is 3.45. The van der Waals surface area contributed by atoms with Crippen LogP contribution in [0.2, 0.25) is 0 Å². The van der Waals surface area contributed by atoms with Crippen LogP contribution in [0.4, 0.5) is 0 Å². The summed E-state index contributed by atoms with van der Waals surface area (Å²) in [5.74, 6) is 0.601. The van der Waals surface area contributed by atoms with Gasteiger partial charge in [-0.2, -0.15) is 0 Å². The summed E-state index contributed by atoms with van der Waals surface area (Å²) in [6, 6.07) is 1.64. The summed E-state index contributed by atoms with van der Waals surface area (Å²) < 4.78 is 0. The van der Waals surface area contributed by atoms with Crippen molar-refractivity contribution in [1.82, 2.24) is 4.90 Å². The van der Waals surface area contributed by atoms with E-state index in [1.807, 2.05) is 0 Å². The first kappa shape index (κ1) is 10.4. The molecule has 2 fully saturated rings. The molecule has 1 aliphatic heterocycles. The second kappa shape index (κ2) is 4.63. The number of hydrogen-bond donors (Lipinski definition) is 1. The molecule has 0 aromatic heterocycles. The number of hydrogen-bond acceptors (Lipinski definition) is 2. The number of likely N-dealkylation sites (tertiary alicyclic amines) is 1. The molecule has 1 heterocycles. The second-order valence-electron chi connectivity index (χ2n) is 5.09. The lowest BCUT2D eigenvalue weighted by atomic mass is 9.85. The third kappa shape index (κ3) is 2.12. The topological polar surface area (TPSA) is 23.5 Å². The molecule has 1 N–H and O–H groups in total. The van der Waals surface area contributed by atoms with Crippen molar-refractivity contribution in [2.75, 3.05) is 13.2 Å². The van der Waals surface area contributed by atoms with Crippen molar-refractivity contribution in [1.29, 1.82) is 0 Å². The van der Waals surface area contributed by atoms with Crippen molar-refractivity contribution in [2.45, 2.75) is 57.5 Å². The fourth-order valence-electron chi connectivity index (χ4n) is 3.16. The molecule has 0 radical (unpaired) electrons. The average molecular weight is 197 g/mol. The van der Waals surface area contributed by atoms with Crippen LogP contribution in [0, 0.1) is 5.92 Å². The minimum absolute atomic E-state index is 0.405. The number of nitrogens with zero attached hydrogens (tertiary/aromatic N) is 1. The smallest absolute Gasteiger partial charge is 0.0459 e. The third-order valence-corrected chi connectivity index (χ3v) is 4.15. The predicted octanol–water partition coefficient (Wildman–Crippen LogP) is 2.02. The molecule has 2 nitrogen and oxygen atoms in total. The first-order chi connectivity index (χ1) is 6.81. The van der Waals surface area contributed by atoms with E-state index in [0.717, 1.165) is 12.1 Å². The summed E-state index contributed by atoms with van der Waals surface area (Å²) in [7, 11) is 0. The highest BCUT2D eigenvalue weighted by atomic mass is 16.3. The van der Waals surface area contributed by atoms with E-state index < -0.39 is 0 Å². The Hall–Kier alpha value is -0.0800. The SMILES string of the molecule is CC1CCCN1C1CCC(CO)CC1. The molecule has 1 saturated carbocycles. The molecule has 0 amide bonds. The molecule has 2 aliphatic rings. The zero-order valence-electron chi connectivity index (χ0n) is 9.28. The van der Waals surface area contributed by atoms with E-state index in [0.29, 0.717) is 12.5 Å². The second-order valence-corrected chi connectivity index (χ2v) is 5.09. The Labute approximate surface area is 87.3 Å². The minimum Gasteiger partial charge on any atom is -0.396 e. The first-order valence-corrected chi connectivity index (χ1v) is 6.18. The van der Waals surface area contributed by atoms with Gasteiger partial charge < -0.3 is 5.11 Å². The zero-order chi connectivity index (χ0) is 9.97. The molecule has 0 spiro atoms. The van der Waals surface area contributed by atoms with Gasteiger partial charge in [0.05, 0.1) is 0 Å².